The van der Waals surface area contributed by atoms with Gasteiger partial charge in [0.2, 0.25) is 0 Å². The molecule has 0 atom stereocenters. The van der Waals surface area contributed by atoms with Crippen molar-refractivity contribution in [1.29, 1.82) is 0 Å². The second-order valence-electron chi connectivity index (χ2n) is 1.16. The molecule has 0 aromatic heterocycles. The van der Waals surface area contributed by atoms with Crippen molar-refractivity contribution in [3.8, 4) is 0 Å². The van der Waals surface area contributed by atoms with E-state index < -0.39 is 0 Å². The van der Waals surface area contributed by atoms with Gasteiger partial charge in [-0.1, -0.05) is 6.58 Å². The van der Waals surface area contributed by atoms with Gasteiger partial charge in [-0.15, -0.1) is 11.8 Å². The molecule has 0 aliphatic carbocycles. The molecule has 1 aliphatic rings. The molecule has 6 heavy (non-hydrogen) atoms. The number of nitrogens with one attached hydrogen (secondary N) is 1. The minimum Gasteiger partial charge on any atom is -0.298 e. The smallest absolute Gasteiger partial charge is 0.0833 e. The number of hydrogen-bond acceptors (Lipinski definition) is 2. The minimum atomic E-state index is 0.949. The van der Waals surface area contributed by atoms with E-state index in [0.717, 1.165) is 6.54 Å². The maximum atomic E-state index is 3.72. The van der Waals surface area contributed by atoms with Crippen LogP contribution in [-0.4, -0.2) is 6.54 Å². The molecule has 1 rings (SSSR count). The predicted octanol–water partition coefficient (Wildman–Crippen LogP) is 0.956. The summed E-state index contributed by atoms with van der Waals surface area (Å²) in [5, 5.41) is 3.01. The summed E-state index contributed by atoms with van der Waals surface area (Å²) in [7, 11) is 0. The van der Waals surface area contributed by atoms with Crippen molar-refractivity contribution in [2.45, 2.75) is 0 Å². The molecule has 0 aromatic carbocycles. The average Bonchev–Trinajstić information content (AvgIpc) is 1.86. The largest absolute Gasteiger partial charge is 0.298 e. The highest BCUT2D eigenvalue weighted by molar-refractivity contribution is 8.05. The molecular weight excluding hydrogens is 94.1 g/mol. The van der Waals surface area contributed by atoms with E-state index >= 15 is 0 Å². The van der Waals surface area contributed by atoms with Crippen LogP contribution in [0.1, 0.15) is 0 Å². The van der Waals surface area contributed by atoms with Gasteiger partial charge in [-0.25, -0.2) is 0 Å². The molecule has 0 spiro atoms. The van der Waals surface area contributed by atoms with E-state index in [1.807, 2.05) is 5.88 Å². The first-order valence-electron chi connectivity index (χ1n) is 1.79. The van der Waals surface area contributed by atoms with Crippen molar-refractivity contribution in [2.24, 2.45) is 0 Å². The van der Waals surface area contributed by atoms with Gasteiger partial charge in [0, 0.05) is 6.54 Å². The fourth-order valence-electron chi connectivity index (χ4n) is 0.322. The summed E-state index contributed by atoms with van der Waals surface area (Å²) in [6.07, 6.45) is 0. The van der Waals surface area contributed by atoms with Crippen LogP contribution in [0, 0.1) is 5.88 Å². The average molecular weight is 100 g/mol. The molecule has 1 N–H and O–H groups in total. The standard InChI is InChI=1S/C4H6NS/c1-4-2-5-3-6-4/h3,5H,1-2H2. The van der Waals surface area contributed by atoms with Gasteiger partial charge in [0.15, 0.2) is 0 Å². The van der Waals surface area contributed by atoms with Gasteiger partial charge in [-0.2, -0.15) is 0 Å². The fourth-order valence-corrected chi connectivity index (χ4v) is 0.822. The fraction of sp³-hybridized carbons (Fsp3) is 0.250. The maximum Gasteiger partial charge on any atom is 0.0833 e. The second-order valence-corrected chi connectivity index (χ2v) is 2.20. The van der Waals surface area contributed by atoms with Crippen LogP contribution >= 0.6 is 11.8 Å². The van der Waals surface area contributed by atoms with E-state index in [0.29, 0.717) is 0 Å². The third-order valence-electron chi connectivity index (χ3n) is 0.608. The lowest BCUT2D eigenvalue weighted by Crippen LogP contribution is -1.99. The molecule has 33 valence electrons. The first-order chi connectivity index (χ1) is 2.89. The Morgan fingerprint density at radius 2 is 2.83 bits per heavy atom. The molecule has 0 bridgehead atoms. The van der Waals surface area contributed by atoms with Crippen LogP contribution < -0.4 is 5.32 Å². The predicted molar refractivity (Wildman–Crippen MR) is 29.0 cm³/mol. The number of hydrogen-bond donors (Lipinski definition) is 1. The molecular formula is C4H6NS. The Kier molecular flexibility index (Phi) is 1.17. The molecule has 1 saturated heterocycles. The van der Waals surface area contributed by atoms with Gasteiger partial charge in [0.25, 0.3) is 0 Å². The molecule has 0 aromatic rings. The zero-order valence-electron chi connectivity index (χ0n) is 3.40. The van der Waals surface area contributed by atoms with Crippen molar-refractivity contribution in [1.82, 2.24) is 5.32 Å². The second kappa shape index (κ2) is 1.67. The van der Waals surface area contributed by atoms with E-state index in [-0.39, 0.29) is 0 Å². The van der Waals surface area contributed by atoms with Crippen molar-refractivity contribution in [2.75, 3.05) is 6.54 Å². The molecule has 0 unspecified atom stereocenters. The zero-order chi connectivity index (χ0) is 4.41. The third kappa shape index (κ3) is 0.758. The molecule has 1 fully saturated rings. The van der Waals surface area contributed by atoms with E-state index in [1.165, 1.54) is 4.91 Å². The Hall–Kier alpha value is 0.0500. The zero-order valence-corrected chi connectivity index (χ0v) is 4.22. The summed E-state index contributed by atoms with van der Waals surface area (Å²) < 4.78 is 0. The first kappa shape index (κ1) is 4.22. The molecule has 0 saturated carbocycles. The Morgan fingerprint density at radius 3 is 3.00 bits per heavy atom. The summed E-state index contributed by atoms with van der Waals surface area (Å²) >= 11 is 1.67. The monoisotopic (exact) mass is 100 g/mol. The summed E-state index contributed by atoms with van der Waals surface area (Å²) in [6, 6.07) is 0. The lowest BCUT2D eigenvalue weighted by Gasteiger charge is -1.78. The van der Waals surface area contributed by atoms with Crippen LogP contribution in [0.15, 0.2) is 11.5 Å². The van der Waals surface area contributed by atoms with E-state index in [1.54, 1.807) is 11.8 Å². The maximum absolute atomic E-state index is 3.72. The van der Waals surface area contributed by atoms with Gasteiger partial charge in [0.1, 0.15) is 0 Å². The third-order valence-corrected chi connectivity index (χ3v) is 1.37. The van der Waals surface area contributed by atoms with E-state index in [2.05, 4.69) is 11.9 Å². The van der Waals surface area contributed by atoms with E-state index in [4.69, 9.17) is 0 Å². The van der Waals surface area contributed by atoms with Crippen LogP contribution in [0.4, 0.5) is 0 Å². The van der Waals surface area contributed by atoms with E-state index in [9.17, 15) is 0 Å². The van der Waals surface area contributed by atoms with Crippen LogP contribution in [0.25, 0.3) is 0 Å². The summed E-state index contributed by atoms with van der Waals surface area (Å²) in [5.41, 5.74) is 0. The van der Waals surface area contributed by atoms with Crippen molar-refractivity contribution >= 4 is 11.8 Å². The summed E-state index contributed by atoms with van der Waals surface area (Å²) in [6.45, 7) is 4.67. The quantitative estimate of drug-likeness (QED) is 0.486. The lowest BCUT2D eigenvalue weighted by molar-refractivity contribution is 0.983. The topological polar surface area (TPSA) is 12.0 Å². The van der Waals surface area contributed by atoms with Crippen LogP contribution in [-0.2, 0) is 0 Å². The SMILES string of the molecule is C=C1CN[CH]S1. The molecule has 1 radical (unpaired) electrons. The normalized spacial score (nSPS) is 22.3. The lowest BCUT2D eigenvalue weighted by atomic mass is 10.6. The minimum absolute atomic E-state index is 0.949. The number of rotatable bonds is 0. The molecule has 2 heteroatoms. The van der Waals surface area contributed by atoms with Crippen molar-refractivity contribution in [3.63, 3.8) is 0 Å². The molecule has 1 aliphatic heterocycles. The number of thioether (sulfide) groups is 1. The Bertz CT molecular complexity index is 61.9. The van der Waals surface area contributed by atoms with Crippen LogP contribution in [0.3, 0.4) is 0 Å². The molecule has 1 nitrogen and oxygen atoms in total. The summed E-state index contributed by atoms with van der Waals surface area (Å²) in [5.74, 6) is 1.95. The van der Waals surface area contributed by atoms with Gasteiger partial charge in [-0.3, -0.25) is 5.32 Å². The Balaban J connectivity index is 2.37. The van der Waals surface area contributed by atoms with Crippen LogP contribution in [0.5, 0.6) is 0 Å². The van der Waals surface area contributed by atoms with Gasteiger partial charge >= 0.3 is 0 Å². The highest BCUT2D eigenvalue weighted by Crippen LogP contribution is 2.19. The molecule has 0 amide bonds. The Morgan fingerprint density at radius 1 is 2.00 bits per heavy atom. The summed E-state index contributed by atoms with van der Waals surface area (Å²) in [4.78, 5) is 1.20. The van der Waals surface area contributed by atoms with Crippen LogP contribution in [0.2, 0.25) is 0 Å². The van der Waals surface area contributed by atoms with Gasteiger partial charge in [0.05, 0.1) is 5.88 Å². The molecule has 1 heterocycles. The van der Waals surface area contributed by atoms with Crippen molar-refractivity contribution in [3.05, 3.63) is 17.4 Å². The van der Waals surface area contributed by atoms with Gasteiger partial charge < -0.3 is 0 Å². The Labute approximate surface area is 41.8 Å². The highest BCUT2D eigenvalue weighted by Gasteiger charge is 2.00. The first-order valence-corrected chi connectivity index (χ1v) is 2.67. The van der Waals surface area contributed by atoms with Crippen molar-refractivity contribution < 1.29 is 0 Å². The van der Waals surface area contributed by atoms with Gasteiger partial charge in [-0.05, 0) is 4.91 Å². The highest BCUT2D eigenvalue weighted by atomic mass is 32.2.